The largest absolute Gasteiger partial charge is 0.388 e. The van der Waals surface area contributed by atoms with Gasteiger partial charge in [-0.3, -0.25) is 4.90 Å². The van der Waals surface area contributed by atoms with Crippen LogP contribution in [0.2, 0.25) is 0 Å². The predicted octanol–water partition coefficient (Wildman–Crippen LogP) is 3.86. The highest BCUT2D eigenvalue weighted by atomic mass is 17.2. The van der Waals surface area contributed by atoms with Crippen LogP contribution in [-0.4, -0.2) is 54.9 Å². The van der Waals surface area contributed by atoms with Gasteiger partial charge in [0.05, 0.1) is 6.10 Å². The number of nitrogens with one attached hydrogen (secondary N) is 1. The van der Waals surface area contributed by atoms with Crippen molar-refractivity contribution in [2.24, 2.45) is 0 Å². The molecule has 0 bridgehead atoms. The molecule has 2 heterocycles. The second kappa shape index (κ2) is 10.4. The van der Waals surface area contributed by atoms with Gasteiger partial charge in [-0.05, 0) is 50.4 Å². The van der Waals surface area contributed by atoms with E-state index >= 15 is 0 Å². The highest BCUT2D eigenvalue weighted by molar-refractivity contribution is 5.42. The third-order valence-corrected chi connectivity index (χ3v) is 6.38. The second-order valence-corrected chi connectivity index (χ2v) is 8.81. The summed E-state index contributed by atoms with van der Waals surface area (Å²) in [5, 5.41) is 14.5. The molecular weight excluding hydrogens is 388 g/mol. The summed E-state index contributed by atoms with van der Waals surface area (Å²) in [6, 6.07) is 10.7. The molecule has 5 nitrogen and oxygen atoms in total. The van der Waals surface area contributed by atoms with Crippen molar-refractivity contribution in [3.05, 3.63) is 82.7 Å². The fraction of sp³-hybridized carbons (Fsp3) is 0.462. The Morgan fingerprint density at radius 1 is 1.29 bits per heavy atom. The Hall–Kier alpha value is -2.18. The van der Waals surface area contributed by atoms with Crippen LogP contribution in [0, 0.1) is 0 Å². The van der Waals surface area contributed by atoms with Crippen molar-refractivity contribution in [3.8, 4) is 0 Å². The Labute approximate surface area is 185 Å². The molecule has 3 unspecified atom stereocenters. The van der Waals surface area contributed by atoms with E-state index in [-0.39, 0.29) is 12.0 Å². The molecule has 0 aromatic heterocycles. The van der Waals surface area contributed by atoms with Crippen molar-refractivity contribution >= 4 is 0 Å². The molecule has 2 aliphatic heterocycles. The summed E-state index contributed by atoms with van der Waals surface area (Å²) in [6.45, 7) is 8.38. The van der Waals surface area contributed by atoms with E-state index in [0.29, 0.717) is 6.61 Å². The quantitative estimate of drug-likeness (QED) is 0.516. The van der Waals surface area contributed by atoms with Crippen LogP contribution >= 0.6 is 0 Å². The lowest BCUT2D eigenvalue weighted by Gasteiger charge is -2.40. The first-order chi connectivity index (χ1) is 15.1. The third kappa shape index (κ3) is 5.36. The molecule has 1 saturated heterocycles. The van der Waals surface area contributed by atoms with Crippen molar-refractivity contribution in [1.29, 1.82) is 0 Å². The van der Waals surface area contributed by atoms with Crippen molar-refractivity contribution in [2.75, 3.05) is 32.8 Å². The standard InChI is InChI=1S/C26H34N2O3/c1-19(2)16-25(29)21(20-8-4-3-5-9-20)12-14-28-15-13-27-17-24(28)23-18-30-31-26-11-7-6-10-22(23)26/h3-9,11,16,21,24-25,27,29H,10,12-15,17-18H2,1-2H3. The van der Waals surface area contributed by atoms with E-state index in [0.717, 1.165) is 50.4 Å². The molecule has 0 amide bonds. The van der Waals surface area contributed by atoms with Crippen molar-refractivity contribution in [3.63, 3.8) is 0 Å². The van der Waals surface area contributed by atoms with E-state index in [1.54, 1.807) is 0 Å². The summed E-state index contributed by atoms with van der Waals surface area (Å²) in [5.74, 6) is 0.915. The number of nitrogens with zero attached hydrogens (tertiary/aromatic N) is 1. The van der Waals surface area contributed by atoms with Gasteiger partial charge < -0.3 is 15.3 Å². The average Bonchev–Trinajstić information content (AvgIpc) is 2.79. The molecule has 0 spiro atoms. The number of fused-ring (bicyclic) bond motifs is 1. The van der Waals surface area contributed by atoms with Gasteiger partial charge in [0.2, 0.25) is 0 Å². The van der Waals surface area contributed by atoms with Gasteiger partial charge in [0.1, 0.15) is 6.61 Å². The molecule has 1 aromatic rings. The van der Waals surface area contributed by atoms with E-state index < -0.39 is 6.10 Å². The number of aliphatic hydroxyl groups is 1. The summed E-state index contributed by atoms with van der Waals surface area (Å²) < 4.78 is 0. The van der Waals surface area contributed by atoms with Gasteiger partial charge in [-0.1, -0.05) is 54.1 Å². The number of allylic oxidation sites excluding steroid dienone is 5. The fourth-order valence-corrected chi connectivity index (χ4v) is 4.81. The molecule has 0 radical (unpaired) electrons. The summed E-state index contributed by atoms with van der Waals surface area (Å²) in [6.07, 6.45) is 9.47. The van der Waals surface area contributed by atoms with Crippen LogP contribution in [0.4, 0.5) is 0 Å². The molecular formula is C26H34N2O3. The molecule has 2 N–H and O–H groups in total. The van der Waals surface area contributed by atoms with Gasteiger partial charge in [-0.25, -0.2) is 0 Å². The highest BCUT2D eigenvalue weighted by Gasteiger charge is 2.32. The van der Waals surface area contributed by atoms with E-state index in [1.165, 1.54) is 16.7 Å². The zero-order chi connectivity index (χ0) is 21.6. The van der Waals surface area contributed by atoms with Crippen LogP contribution in [0.15, 0.2) is 77.1 Å². The lowest BCUT2D eigenvalue weighted by Crippen LogP contribution is -2.53. The molecule has 3 aliphatic rings. The van der Waals surface area contributed by atoms with Crippen LogP contribution in [0.3, 0.4) is 0 Å². The maximum atomic E-state index is 11.0. The lowest BCUT2D eigenvalue weighted by molar-refractivity contribution is -0.260. The van der Waals surface area contributed by atoms with Crippen molar-refractivity contribution in [2.45, 2.75) is 44.8 Å². The number of aliphatic hydroxyl groups excluding tert-OH is 1. The Kier molecular flexibility index (Phi) is 7.41. The number of hydrogen-bond donors (Lipinski definition) is 2. The molecule has 1 aliphatic carbocycles. The third-order valence-electron chi connectivity index (χ3n) is 6.38. The van der Waals surface area contributed by atoms with E-state index in [2.05, 4.69) is 40.6 Å². The number of benzene rings is 1. The second-order valence-electron chi connectivity index (χ2n) is 8.81. The van der Waals surface area contributed by atoms with Crippen LogP contribution in [0.1, 0.15) is 38.2 Å². The van der Waals surface area contributed by atoms with Gasteiger partial charge in [0, 0.05) is 37.2 Å². The summed E-state index contributed by atoms with van der Waals surface area (Å²) in [5.41, 5.74) is 4.91. The minimum absolute atomic E-state index is 0.0725. The van der Waals surface area contributed by atoms with E-state index in [4.69, 9.17) is 9.78 Å². The summed E-state index contributed by atoms with van der Waals surface area (Å²) in [7, 11) is 0. The Morgan fingerprint density at radius 3 is 2.94 bits per heavy atom. The minimum Gasteiger partial charge on any atom is -0.388 e. The van der Waals surface area contributed by atoms with E-state index in [1.807, 2.05) is 38.1 Å². The van der Waals surface area contributed by atoms with Gasteiger partial charge in [0.15, 0.2) is 5.76 Å². The van der Waals surface area contributed by atoms with Gasteiger partial charge in [0.25, 0.3) is 0 Å². The molecule has 5 heteroatoms. The first-order valence-corrected chi connectivity index (χ1v) is 11.3. The number of piperazine rings is 1. The Morgan fingerprint density at radius 2 is 2.13 bits per heavy atom. The van der Waals surface area contributed by atoms with Gasteiger partial charge in [-0.15, -0.1) is 0 Å². The molecule has 3 atom stereocenters. The van der Waals surface area contributed by atoms with Gasteiger partial charge >= 0.3 is 0 Å². The zero-order valence-electron chi connectivity index (χ0n) is 18.6. The molecule has 1 aromatic carbocycles. The molecule has 166 valence electrons. The lowest BCUT2D eigenvalue weighted by atomic mass is 9.88. The topological polar surface area (TPSA) is 54.0 Å². The SMILES string of the molecule is CC(C)=CC(O)C(CCN1CCNCC1C1=C2CC=CC=C2OOC1)c1ccccc1. The first kappa shape index (κ1) is 22.0. The Balaban J connectivity index is 1.53. The fourth-order valence-electron chi connectivity index (χ4n) is 4.81. The van der Waals surface area contributed by atoms with Crippen LogP contribution in [-0.2, 0) is 9.78 Å². The Bertz CT molecular complexity index is 868. The number of rotatable bonds is 7. The molecule has 1 fully saturated rings. The summed E-state index contributed by atoms with van der Waals surface area (Å²) in [4.78, 5) is 13.5. The van der Waals surface area contributed by atoms with Gasteiger partial charge in [-0.2, -0.15) is 4.89 Å². The normalized spacial score (nSPS) is 23.5. The highest BCUT2D eigenvalue weighted by Crippen LogP contribution is 2.33. The predicted molar refractivity (Wildman–Crippen MR) is 123 cm³/mol. The molecule has 4 rings (SSSR count). The van der Waals surface area contributed by atoms with Crippen LogP contribution in [0.5, 0.6) is 0 Å². The van der Waals surface area contributed by atoms with Crippen LogP contribution in [0.25, 0.3) is 0 Å². The molecule has 31 heavy (non-hydrogen) atoms. The smallest absolute Gasteiger partial charge is 0.169 e. The average molecular weight is 423 g/mol. The monoisotopic (exact) mass is 422 g/mol. The zero-order valence-corrected chi connectivity index (χ0v) is 18.6. The van der Waals surface area contributed by atoms with Crippen molar-refractivity contribution in [1.82, 2.24) is 10.2 Å². The maximum absolute atomic E-state index is 11.0. The molecule has 0 saturated carbocycles. The van der Waals surface area contributed by atoms with E-state index in [9.17, 15) is 5.11 Å². The first-order valence-electron chi connectivity index (χ1n) is 11.3. The maximum Gasteiger partial charge on any atom is 0.169 e. The van der Waals surface area contributed by atoms with Crippen molar-refractivity contribution < 1.29 is 14.9 Å². The summed E-state index contributed by atoms with van der Waals surface area (Å²) >= 11 is 0. The minimum atomic E-state index is -0.486. The number of hydrogen-bond acceptors (Lipinski definition) is 5. The van der Waals surface area contributed by atoms with Crippen LogP contribution < -0.4 is 5.32 Å².